The number of nitrogens with one attached hydrogen (secondary N) is 1. The molecule has 1 N–H and O–H groups in total. The van der Waals surface area contributed by atoms with Gasteiger partial charge in [-0.15, -0.1) is 12.3 Å². The summed E-state index contributed by atoms with van der Waals surface area (Å²) in [5, 5.41) is 13.3. The molecular weight excluding hydrogens is 261 g/mol. The highest BCUT2D eigenvalue weighted by Crippen LogP contribution is 2.37. The first-order valence-corrected chi connectivity index (χ1v) is 5.39. The summed E-state index contributed by atoms with van der Waals surface area (Å²) in [6.45, 7) is 0.402. The molecule has 1 rings (SSSR count). The maximum atomic E-state index is 12.7. The summed E-state index contributed by atoms with van der Waals surface area (Å²) in [6.07, 6.45) is 1.39. The first-order chi connectivity index (χ1) is 8.86. The topological polar surface area (TPSA) is 55.2 Å². The SMILES string of the molecule is C#CCCCNc1ccc([N+](=O)[O-])c(C(F)(F)F)c1. The van der Waals surface area contributed by atoms with Crippen molar-refractivity contribution in [2.75, 3.05) is 11.9 Å². The van der Waals surface area contributed by atoms with Gasteiger partial charge in [0.15, 0.2) is 0 Å². The van der Waals surface area contributed by atoms with Gasteiger partial charge in [-0.1, -0.05) is 0 Å². The van der Waals surface area contributed by atoms with E-state index in [9.17, 15) is 23.3 Å². The number of unbranched alkanes of at least 4 members (excludes halogenated alkanes) is 1. The molecule has 0 aliphatic rings. The molecule has 0 fully saturated rings. The molecule has 0 aliphatic carbocycles. The lowest BCUT2D eigenvalue weighted by atomic mass is 10.1. The van der Waals surface area contributed by atoms with Crippen molar-refractivity contribution in [3.8, 4) is 12.3 Å². The van der Waals surface area contributed by atoms with Gasteiger partial charge in [0.25, 0.3) is 5.69 Å². The Morgan fingerprint density at radius 1 is 1.42 bits per heavy atom. The molecule has 0 saturated carbocycles. The van der Waals surface area contributed by atoms with Crippen molar-refractivity contribution in [3.05, 3.63) is 33.9 Å². The third-order valence-corrected chi connectivity index (χ3v) is 2.33. The van der Waals surface area contributed by atoms with Crippen LogP contribution in [0.1, 0.15) is 18.4 Å². The Balaban J connectivity index is 2.93. The van der Waals surface area contributed by atoms with E-state index in [2.05, 4.69) is 11.2 Å². The molecule has 7 heteroatoms. The largest absolute Gasteiger partial charge is 0.423 e. The molecule has 0 spiro atoms. The zero-order valence-electron chi connectivity index (χ0n) is 9.83. The van der Waals surface area contributed by atoms with Crippen LogP contribution in [-0.2, 0) is 6.18 Å². The molecule has 0 atom stereocenters. The second-order valence-corrected chi connectivity index (χ2v) is 3.72. The lowest BCUT2D eigenvalue weighted by Gasteiger charge is -2.10. The van der Waals surface area contributed by atoms with Gasteiger partial charge in [0, 0.05) is 24.7 Å². The lowest BCUT2D eigenvalue weighted by Crippen LogP contribution is -2.10. The lowest BCUT2D eigenvalue weighted by molar-refractivity contribution is -0.388. The van der Waals surface area contributed by atoms with Crippen molar-refractivity contribution in [1.29, 1.82) is 0 Å². The maximum Gasteiger partial charge on any atom is 0.423 e. The van der Waals surface area contributed by atoms with Crippen molar-refractivity contribution in [1.82, 2.24) is 0 Å². The van der Waals surface area contributed by atoms with Crippen molar-refractivity contribution in [2.24, 2.45) is 0 Å². The number of halogens is 3. The van der Waals surface area contributed by atoms with E-state index in [-0.39, 0.29) is 5.69 Å². The summed E-state index contributed by atoms with van der Waals surface area (Å²) in [6, 6.07) is 2.81. The zero-order chi connectivity index (χ0) is 14.5. The Labute approximate surface area is 107 Å². The first-order valence-electron chi connectivity index (χ1n) is 5.39. The molecule has 0 saturated heterocycles. The van der Waals surface area contributed by atoms with Crippen LogP contribution in [0.25, 0.3) is 0 Å². The molecule has 0 heterocycles. The van der Waals surface area contributed by atoms with Crippen LogP contribution in [0.3, 0.4) is 0 Å². The fourth-order valence-electron chi connectivity index (χ4n) is 1.46. The minimum atomic E-state index is -4.76. The number of nitrogens with zero attached hydrogens (tertiary/aromatic N) is 1. The summed E-state index contributed by atoms with van der Waals surface area (Å²) >= 11 is 0. The number of nitro benzene ring substituents is 1. The molecule has 0 amide bonds. The second-order valence-electron chi connectivity index (χ2n) is 3.72. The molecule has 0 aromatic heterocycles. The van der Waals surface area contributed by atoms with E-state index in [0.717, 1.165) is 12.1 Å². The third-order valence-electron chi connectivity index (χ3n) is 2.33. The fraction of sp³-hybridized carbons (Fsp3) is 0.333. The third kappa shape index (κ3) is 4.17. The number of anilines is 1. The number of nitro groups is 1. The standard InChI is InChI=1S/C12H11F3N2O2/c1-2-3-4-7-16-9-5-6-11(17(18)19)10(8-9)12(13,14)15/h1,5-6,8,16H,3-4,7H2. The highest BCUT2D eigenvalue weighted by molar-refractivity contribution is 5.55. The monoisotopic (exact) mass is 272 g/mol. The van der Waals surface area contributed by atoms with E-state index in [4.69, 9.17) is 6.42 Å². The van der Waals surface area contributed by atoms with E-state index < -0.39 is 22.4 Å². The summed E-state index contributed by atoms with van der Waals surface area (Å²) in [4.78, 5) is 9.49. The summed E-state index contributed by atoms with van der Waals surface area (Å²) in [5.41, 5.74) is -2.05. The number of alkyl halides is 3. The molecule has 1 aromatic carbocycles. The Morgan fingerprint density at radius 2 is 2.11 bits per heavy atom. The van der Waals surface area contributed by atoms with Crippen LogP contribution >= 0.6 is 0 Å². The smallest absolute Gasteiger partial charge is 0.385 e. The fourth-order valence-corrected chi connectivity index (χ4v) is 1.46. The van der Waals surface area contributed by atoms with E-state index in [0.29, 0.717) is 19.4 Å². The Hall–Kier alpha value is -2.23. The summed E-state index contributed by atoms with van der Waals surface area (Å²) in [5.74, 6) is 2.40. The van der Waals surface area contributed by atoms with Crippen LogP contribution in [0.5, 0.6) is 0 Å². The van der Waals surface area contributed by atoms with E-state index in [1.165, 1.54) is 6.07 Å². The number of terminal acetylenes is 1. The van der Waals surface area contributed by atoms with Crippen LogP contribution < -0.4 is 5.32 Å². The van der Waals surface area contributed by atoms with Crippen molar-refractivity contribution in [2.45, 2.75) is 19.0 Å². The predicted molar refractivity (Wildman–Crippen MR) is 64.7 cm³/mol. The first kappa shape index (κ1) is 14.8. The number of rotatable bonds is 5. The number of benzene rings is 1. The summed E-state index contributed by atoms with van der Waals surface area (Å²) in [7, 11) is 0. The predicted octanol–water partition coefficient (Wildman–Crippen LogP) is 3.44. The van der Waals surface area contributed by atoms with Crippen molar-refractivity contribution >= 4 is 11.4 Å². The van der Waals surface area contributed by atoms with Gasteiger partial charge in [-0.3, -0.25) is 10.1 Å². The molecule has 0 bridgehead atoms. The molecule has 0 unspecified atom stereocenters. The molecular formula is C12H11F3N2O2. The minimum absolute atomic E-state index is 0.176. The Bertz CT molecular complexity index is 507. The van der Waals surface area contributed by atoms with E-state index >= 15 is 0 Å². The van der Waals surface area contributed by atoms with Gasteiger partial charge in [-0.05, 0) is 18.6 Å². The molecule has 0 radical (unpaired) electrons. The van der Waals surface area contributed by atoms with Crippen LogP contribution in [0.2, 0.25) is 0 Å². The van der Waals surface area contributed by atoms with Crippen LogP contribution in [0, 0.1) is 22.5 Å². The molecule has 0 aliphatic heterocycles. The van der Waals surface area contributed by atoms with Crippen molar-refractivity contribution < 1.29 is 18.1 Å². The zero-order valence-corrected chi connectivity index (χ0v) is 9.83. The minimum Gasteiger partial charge on any atom is -0.385 e. The average Bonchev–Trinajstić information content (AvgIpc) is 2.33. The van der Waals surface area contributed by atoms with Crippen LogP contribution in [-0.4, -0.2) is 11.5 Å². The van der Waals surface area contributed by atoms with Crippen LogP contribution in [0.4, 0.5) is 24.5 Å². The van der Waals surface area contributed by atoms with Gasteiger partial charge >= 0.3 is 6.18 Å². The quantitative estimate of drug-likeness (QED) is 0.386. The van der Waals surface area contributed by atoms with Gasteiger partial charge in [0.05, 0.1) is 4.92 Å². The summed E-state index contributed by atoms with van der Waals surface area (Å²) < 4.78 is 38.0. The number of hydrogen-bond acceptors (Lipinski definition) is 3. The van der Waals surface area contributed by atoms with E-state index in [1.54, 1.807) is 0 Å². The normalized spacial score (nSPS) is 10.8. The Morgan fingerprint density at radius 3 is 2.63 bits per heavy atom. The van der Waals surface area contributed by atoms with Gasteiger partial charge in [-0.2, -0.15) is 13.2 Å². The highest BCUT2D eigenvalue weighted by Gasteiger charge is 2.38. The van der Waals surface area contributed by atoms with Gasteiger partial charge in [-0.25, -0.2) is 0 Å². The van der Waals surface area contributed by atoms with Crippen LogP contribution in [0.15, 0.2) is 18.2 Å². The molecule has 4 nitrogen and oxygen atoms in total. The molecule has 19 heavy (non-hydrogen) atoms. The van der Waals surface area contributed by atoms with Gasteiger partial charge < -0.3 is 5.32 Å². The maximum absolute atomic E-state index is 12.7. The second kappa shape index (κ2) is 6.09. The molecule has 102 valence electrons. The van der Waals surface area contributed by atoms with Gasteiger partial charge in [0.2, 0.25) is 0 Å². The van der Waals surface area contributed by atoms with Gasteiger partial charge in [0.1, 0.15) is 5.56 Å². The number of hydrogen-bond donors (Lipinski definition) is 1. The average molecular weight is 272 g/mol. The van der Waals surface area contributed by atoms with E-state index in [1.807, 2.05) is 0 Å². The Kier molecular flexibility index (Phi) is 4.75. The highest BCUT2D eigenvalue weighted by atomic mass is 19.4. The molecule has 1 aromatic rings. The van der Waals surface area contributed by atoms with Crippen molar-refractivity contribution in [3.63, 3.8) is 0 Å².